The van der Waals surface area contributed by atoms with Crippen LogP contribution in [0, 0.1) is 0 Å². The van der Waals surface area contributed by atoms with Gasteiger partial charge in [0.05, 0.1) is 27.2 Å². The molecule has 0 aliphatic carbocycles. The third-order valence-electron chi connectivity index (χ3n) is 3.23. The van der Waals surface area contributed by atoms with Crippen molar-refractivity contribution in [2.24, 2.45) is 0 Å². The lowest BCUT2D eigenvalue weighted by atomic mass is 10.1. The summed E-state index contributed by atoms with van der Waals surface area (Å²) in [5.41, 5.74) is 0. The van der Waals surface area contributed by atoms with Crippen molar-refractivity contribution < 1.29 is 23.7 Å². The van der Waals surface area contributed by atoms with Crippen LogP contribution < -0.4 is 0 Å². The minimum atomic E-state index is -4.64. The van der Waals surface area contributed by atoms with E-state index in [9.17, 15) is 0 Å². The average molecular weight is 312 g/mol. The number of hydrogen-bond donors (Lipinski definition) is 3. The zero-order chi connectivity index (χ0) is 16.1. The Balaban J connectivity index is 0. The van der Waals surface area contributed by atoms with Crippen molar-refractivity contribution in [2.75, 3.05) is 27.2 Å². The molecule has 0 fully saturated rings. The first kappa shape index (κ1) is 22.4. The predicted octanol–water partition coefficient (Wildman–Crippen LogP) is 3.29. The maximum Gasteiger partial charge on any atom is 0.466 e. The van der Waals surface area contributed by atoms with E-state index in [0.717, 1.165) is 0 Å². The molecule has 6 heteroatoms. The fourth-order valence-electron chi connectivity index (χ4n) is 2.02. The molecule has 20 heavy (non-hydrogen) atoms. The first-order valence-corrected chi connectivity index (χ1v) is 9.29. The van der Waals surface area contributed by atoms with Crippen LogP contribution in [0.25, 0.3) is 0 Å². The third-order valence-corrected chi connectivity index (χ3v) is 3.23. The zero-order valence-corrected chi connectivity index (χ0v) is 14.6. The van der Waals surface area contributed by atoms with E-state index in [4.69, 9.17) is 19.2 Å². The summed E-state index contributed by atoms with van der Waals surface area (Å²) in [7, 11) is 0.114. The van der Waals surface area contributed by atoms with E-state index < -0.39 is 7.82 Å². The van der Waals surface area contributed by atoms with E-state index in [1.807, 2.05) is 0 Å². The number of rotatable bonds is 10. The molecule has 0 spiro atoms. The molecule has 5 nitrogen and oxygen atoms in total. The fraction of sp³-hybridized carbons (Fsp3) is 1.00. The molecule has 0 unspecified atom stereocenters. The lowest BCUT2D eigenvalue weighted by molar-refractivity contribution is -0.890. The van der Waals surface area contributed by atoms with E-state index in [2.05, 4.69) is 27.9 Å². The van der Waals surface area contributed by atoms with E-state index >= 15 is 0 Å². The maximum atomic E-state index is 8.88. The van der Waals surface area contributed by atoms with Crippen molar-refractivity contribution >= 4 is 7.82 Å². The van der Waals surface area contributed by atoms with Gasteiger partial charge in [0.2, 0.25) is 0 Å². The van der Waals surface area contributed by atoms with Crippen LogP contribution in [0.5, 0.6) is 0 Å². The zero-order valence-electron chi connectivity index (χ0n) is 13.7. The van der Waals surface area contributed by atoms with E-state index in [1.54, 1.807) is 0 Å². The third kappa shape index (κ3) is 26.6. The van der Waals surface area contributed by atoms with Crippen LogP contribution in [0.3, 0.4) is 0 Å². The molecule has 0 bridgehead atoms. The van der Waals surface area contributed by atoms with E-state index in [-0.39, 0.29) is 0 Å². The van der Waals surface area contributed by atoms with Crippen LogP contribution in [0.1, 0.15) is 65.2 Å². The number of nitrogens with zero attached hydrogens (tertiary/aromatic N) is 1. The van der Waals surface area contributed by atoms with E-state index in [1.165, 1.54) is 68.9 Å². The van der Waals surface area contributed by atoms with Gasteiger partial charge < -0.3 is 19.2 Å². The molecular formula is C14H35NO4P+. The Kier molecular flexibility index (Phi) is 14.3. The van der Waals surface area contributed by atoms with Gasteiger partial charge in [0.15, 0.2) is 0 Å². The highest BCUT2D eigenvalue weighted by atomic mass is 31.2. The summed E-state index contributed by atoms with van der Waals surface area (Å²) in [6.07, 6.45) is 11.2. The Hall–Kier alpha value is 0.0700. The molecular weight excluding hydrogens is 277 g/mol. The van der Waals surface area contributed by atoms with Crippen LogP contribution in [-0.2, 0) is 4.57 Å². The molecule has 124 valence electrons. The number of hydrogen-bond acceptors (Lipinski definition) is 1. The first-order chi connectivity index (χ1) is 9.12. The SMILES string of the molecule is CCCCCCCC[N+](C)(C)CCCC.O=P(O)(O)O. The highest BCUT2D eigenvalue weighted by Crippen LogP contribution is 2.25. The van der Waals surface area contributed by atoms with Gasteiger partial charge in [-0.05, 0) is 19.3 Å². The topological polar surface area (TPSA) is 77.8 Å². The molecule has 0 amide bonds. The molecule has 0 rings (SSSR count). The lowest BCUT2D eigenvalue weighted by Crippen LogP contribution is -2.41. The van der Waals surface area contributed by atoms with Crippen LogP contribution in [0.2, 0.25) is 0 Å². The molecule has 0 saturated carbocycles. The second-order valence-corrected chi connectivity index (χ2v) is 7.04. The van der Waals surface area contributed by atoms with Gasteiger partial charge in [0.25, 0.3) is 0 Å². The molecule has 0 aliphatic heterocycles. The summed E-state index contributed by atoms with van der Waals surface area (Å²) in [6, 6.07) is 0. The summed E-state index contributed by atoms with van der Waals surface area (Å²) in [4.78, 5) is 21.6. The van der Waals surface area contributed by atoms with Crippen LogP contribution in [0.15, 0.2) is 0 Å². The summed E-state index contributed by atoms with van der Waals surface area (Å²) in [5, 5.41) is 0. The number of unbranched alkanes of at least 4 members (excludes halogenated alkanes) is 6. The molecule has 0 aliphatic rings. The van der Waals surface area contributed by atoms with Gasteiger partial charge >= 0.3 is 7.82 Å². The Morgan fingerprint density at radius 3 is 1.55 bits per heavy atom. The molecule has 3 N–H and O–H groups in total. The summed E-state index contributed by atoms with van der Waals surface area (Å²) in [5.74, 6) is 0. The lowest BCUT2D eigenvalue weighted by Gasteiger charge is -2.29. The Morgan fingerprint density at radius 2 is 1.10 bits per heavy atom. The van der Waals surface area contributed by atoms with Gasteiger partial charge in [0, 0.05) is 0 Å². The van der Waals surface area contributed by atoms with Crippen molar-refractivity contribution in [2.45, 2.75) is 65.2 Å². The Morgan fingerprint density at radius 1 is 0.750 bits per heavy atom. The van der Waals surface area contributed by atoms with Gasteiger partial charge in [-0.1, -0.05) is 46.0 Å². The standard InChI is InChI=1S/C14H32N.H3O4P/c1-5-7-9-10-11-12-14-15(3,4)13-8-6-2;1-5(2,3)4/h5-14H2,1-4H3;(H3,1,2,3,4)/q+1;. The van der Waals surface area contributed by atoms with Gasteiger partial charge in [-0.15, -0.1) is 0 Å². The van der Waals surface area contributed by atoms with Gasteiger partial charge in [-0.2, -0.15) is 0 Å². The van der Waals surface area contributed by atoms with Crippen LogP contribution in [0.4, 0.5) is 0 Å². The van der Waals surface area contributed by atoms with Crippen molar-refractivity contribution in [3.05, 3.63) is 0 Å². The minimum Gasteiger partial charge on any atom is -0.328 e. The molecule has 0 radical (unpaired) electrons. The molecule has 0 aromatic heterocycles. The van der Waals surface area contributed by atoms with Gasteiger partial charge in [-0.3, -0.25) is 0 Å². The van der Waals surface area contributed by atoms with Gasteiger partial charge in [-0.25, -0.2) is 4.57 Å². The normalized spacial score (nSPS) is 11.9. The summed E-state index contributed by atoms with van der Waals surface area (Å²) < 4.78 is 10.1. The molecule has 0 saturated heterocycles. The van der Waals surface area contributed by atoms with Crippen LogP contribution in [-0.4, -0.2) is 46.3 Å². The van der Waals surface area contributed by atoms with Crippen molar-refractivity contribution in [1.82, 2.24) is 0 Å². The van der Waals surface area contributed by atoms with Crippen molar-refractivity contribution in [1.29, 1.82) is 0 Å². The molecule has 0 atom stereocenters. The van der Waals surface area contributed by atoms with Crippen molar-refractivity contribution in [3.8, 4) is 0 Å². The van der Waals surface area contributed by atoms with Crippen molar-refractivity contribution in [3.63, 3.8) is 0 Å². The smallest absolute Gasteiger partial charge is 0.328 e. The second kappa shape index (κ2) is 12.8. The summed E-state index contributed by atoms with van der Waals surface area (Å²) >= 11 is 0. The first-order valence-electron chi connectivity index (χ1n) is 7.72. The highest BCUT2D eigenvalue weighted by Gasteiger charge is 2.12. The number of quaternary nitrogens is 1. The monoisotopic (exact) mass is 312 g/mol. The van der Waals surface area contributed by atoms with Crippen LogP contribution >= 0.6 is 7.82 Å². The maximum absolute atomic E-state index is 8.88. The molecule has 0 aromatic carbocycles. The van der Waals surface area contributed by atoms with Gasteiger partial charge in [0.1, 0.15) is 0 Å². The second-order valence-electron chi connectivity index (χ2n) is 6.02. The fourth-order valence-corrected chi connectivity index (χ4v) is 2.02. The summed E-state index contributed by atoms with van der Waals surface area (Å²) in [6.45, 7) is 7.28. The minimum absolute atomic E-state index is 1.22. The Bertz CT molecular complexity index is 245. The molecule has 0 heterocycles. The van der Waals surface area contributed by atoms with E-state index in [0.29, 0.717) is 0 Å². The highest BCUT2D eigenvalue weighted by molar-refractivity contribution is 7.45. The average Bonchev–Trinajstić information content (AvgIpc) is 2.29. The molecule has 0 aromatic rings. The number of phosphoric acid groups is 1. The quantitative estimate of drug-likeness (QED) is 0.328. The Labute approximate surface area is 124 Å². The predicted molar refractivity (Wildman–Crippen MR) is 84.4 cm³/mol. The largest absolute Gasteiger partial charge is 0.466 e.